The van der Waals surface area contributed by atoms with Crippen LogP contribution in [0.1, 0.15) is 37.5 Å². The van der Waals surface area contributed by atoms with Gasteiger partial charge in [-0.3, -0.25) is 4.79 Å². The van der Waals surface area contributed by atoms with Gasteiger partial charge in [-0.2, -0.15) is 0 Å². The SMILES string of the molecule is [2H]c1c([2H])c(C([2H])([2H])Br)c([2H])c([2H])c1C(=O)CC. The Morgan fingerprint density at radius 3 is 2.58 bits per heavy atom. The Morgan fingerprint density at radius 2 is 2.17 bits per heavy atom. The van der Waals surface area contributed by atoms with Crippen molar-refractivity contribution in [2.75, 3.05) is 0 Å². The topological polar surface area (TPSA) is 17.1 Å². The van der Waals surface area contributed by atoms with Crippen LogP contribution >= 0.6 is 15.9 Å². The van der Waals surface area contributed by atoms with Crippen LogP contribution in [0.5, 0.6) is 0 Å². The van der Waals surface area contributed by atoms with Gasteiger partial charge in [-0.15, -0.1) is 0 Å². The minimum atomic E-state index is -2.18. The lowest BCUT2D eigenvalue weighted by molar-refractivity contribution is 0.0988. The Morgan fingerprint density at radius 1 is 1.58 bits per heavy atom. The summed E-state index contributed by atoms with van der Waals surface area (Å²) in [5, 5.41) is -2.18. The Hall–Kier alpha value is -0.630. The molecule has 12 heavy (non-hydrogen) atoms. The number of halogens is 1. The standard InChI is InChI=1S/C10H11BrO/c1-2-10(12)9-5-3-8(7-11)4-6-9/h3-6H,2,7H2,1H3/i3D,4D,5D,6D,7D2. The van der Waals surface area contributed by atoms with Gasteiger partial charge in [0, 0.05) is 20.0 Å². The first-order valence-electron chi connectivity index (χ1n) is 6.45. The van der Waals surface area contributed by atoms with Gasteiger partial charge in [0.25, 0.3) is 0 Å². The van der Waals surface area contributed by atoms with E-state index in [0.717, 1.165) is 0 Å². The predicted molar refractivity (Wildman–Crippen MR) is 53.7 cm³/mol. The number of carbonyl (C=O) groups excluding carboxylic acids is 1. The molecule has 0 fully saturated rings. The Balaban J connectivity index is 3.72. The van der Waals surface area contributed by atoms with Gasteiger partial charge in [0.2, 0.25) is 0 Å². The molecular formula is C10H11BrO. The molecule has 0 aromatic heterocycles. The third-order valence-electron chi connectivity index (χ3n) is 1.32. The van der Waals surface area contributed by atoms with Crippen molar-refractivity contribution in [2.24, 2.45) is 0 Å². The first-order chi connectivity index (χ1) is 8.12. The van der Waals surface area contributed by atoms with Crippen molar-refractivity contribution in [2.45, 2.75) is 18.6 Å². The zero-order valence-electron chi connectivity index (χ0n) is 12.5. The van der Waals surface area contributed by atoms with Gasteiger partial charge in [0.1, 0.15) is 0 Å². The maximum absolute atomic E-state index is 11.6. The van der Waals surface area contributed by atoms with Crippen LogP contribution in [0.25, 0.3) is 0 Å². The van der Waals surface area contributed by atoms with Crippen LogP contribution in [-0.4, -0.2) is 5.78 Å². The molecular weight excluding hydrogens is 216 g/mol. The highest BCUT2D eigenvalue weighted by Gasteiger charge is 2.00. The lowest BCUT2D eigenvalue weighted by atomic mass is 10.1. The van der Waals surface area contributed by atoms with E-state index in [1.54, 1.807) is 6.92 Å². The molecule has 0 bridgehead atoms. The van der Waals surface area contributed by atoms with Crippen molar-refractivity contribution >= 4 is 21.7 Å². The first kappa shape index (κ1) is 4.05. The lowest BCUT2D eigenvalue weighted by Gasteiger charge is -1.98. The highest BCUT2D eigenvalue weighted by atomic mass is 79.9. The minimum absolute atomic E-state index is 0.0667. The molecule has 0 N–H and O–H groups in total. The molecule has 0 unspecified atom stereocenters. The molecule has 0 spiro atoms. The van der Waals surface area contributed by atoms with Crippen molar-refractivity contribution in [3.05, 3.63) is 35.3 Å². The van der Waals surface area contributed by atoms with E-state index in [1.165, 1.54) is 0 Å². The van der Waals surface area contributed by atoms with Crippen molar-refractivity contribution in [1.29, 1.82) is 0 Å². The van der Waals surface area contributed by atoms with Gasteiger partial charge in [-0.1, -0.05) is 47.0 Å². The number of carbonyl (C=O) groups is 1. The minimum Gasteiger partial charge on any atom is -0.294 e. The van der Waals surface area contributed by atoms with Crippen LogP contribution in [0.4, 0.5) is 0 Å². The fourth-order valence-corrected chi connectivity index (χ4v) is 0.874. The van der Waals surface area contributed by atoms with Crippen molar-refractivity contribution in [3.63, 3.8) is 0 Å². The molecule has 1 nitrogen and oxygen atoms in total. The zero-order chi connectivity index (χ0) is 14.2. The van der Waals surface area contributed by atoms with E-state index in [9.17, 15) is 4.79 Å². The molecule has 64 valence electrons. The van der Waals surface area contributed by atoms with Gasteiger partial charge in [0.05, 0.1) is 5.48 Å². The summed E-state index contributed by atoms with van der Waals surface area (Å²) in [4.78, 5) is 11.6. The zero-order valence-corrected chi connectivity index (χ0v) is 8.08. The predicted octanol–water partition coefficient (Wildman–Crippen LogP) is 3.17. The van der Waals surface area contributed by atoms with Gasteiger partial charge in [-0.25, -0.2) is 0 Å². The van der Waals surface area contributed by atoms with E-state index in [0.29, 0.717) is 0 Å². The van der Waals surface area contributed by atoms with Crippen LogP contribution in [0, 0.1) is 0 Å². The maximum atomic E-state index is 11.6. The Kier molecular flexibility index (Phi) is 1.49. The molecule has 0 amide bonds. The smallest absolute Gasteiger partial charge is 0.162 e. The van der Waals surface area contributed by atoms with Crippen LogP contribution in [0.3, 0.4) is 0 Å². The number of ketones is 1. The van der Waals surface area contributed by atoms with E-state index in [2.05, 4.69) is 15.9 Å². The van der Waals surface area contributed by atoms with Gasteiger partial charge >= 0.3 is 0 Å². The van der Waals surface area contributed by atoms with Crippen LogP contribution in [0.15, 0.2) is 24.2 Å². The summed E-state index contributed by atoms with van der Waals surface area (Å²) in [5.74, 6) is -0.492. The average Bonchev–Trinajstić information content (AvgIpc) is 2.24. The Labute approximate surface area is 89.4 Å². The summed E-state index contributed by atoms with van der Waals surface area (Å²) in [6.45, 7) is 1.56. The molecule has 0 aliphatic heterocycles. The number of alkyl halides is 1. The van der Waals surface area contributed by atoms with Gasteiger partial charge in [0.15, 0.2) is 5.78 Å². The average molecular weight is 233 g/mol. The van der Waals surface area contributed by atoms with E-state index in [-0.39, 0.29) is 12.0 Å². The third kappa shape index (κ3) is 2.18. The summed E-state index contributed by atoms with van der Waals surface area (Å²) in [7, 11) is 0. The van der Waals surface area contributed by atoms with Crippen LogP contribution < -0.4 is 0 Å². The molecule has 2 heteroatoms. The highest BCUT2D eigenvalue weighted by molar-refractivity contribution is 9.08. The van der Waals surface area contributed by atoms with E-state index in [1.807, 2.05) is 0 Å². The molecule has 0 atom stereocenters. The molecule has 1 aromatic rings. The molecule has 0 heterocycles. The number of hydrogen-bond donors (Lipinski definition) is 0. The molecule has 1 rings (SSSR count). The highest BCUT2D eigenvalue weighted by Crippen LogP contribution is 2.09. The summed E-state index contributed by atoms with van der Waals surface area (Å²) in [6, 6.07) is -2.06. The van der Waals surface area contributed by atoms with E-state index < -0.39 is 40.8 Å². The second-order valence-electron chi connectivity index (χ2n) is 2.12. The monoisotopic (exact) mass is 232 g/mol. The molecule has 0 saturated heterocycles. The second kappa shape index (κ2) is 4.41. The van der Waals surface area contributed by atoms with Crippen molar-refractivity contribution < 1.29 is 13.0 Å². The number of Topliss-reactive ketones (excluding diaryl/α,β-unsaturated/α-hetero) is 1. The quantitative estimate of drug-likeness (QED) is 0.578. The second-order valence-corrected chi connectivity index (χ2v) is 2.52. The molecule has 0 aliphatic rings. The number of hydrogen-bond acceptors (Lipinski definition) is 1. The number of rotatable bonds is 3. The van der Waals surface area contributed by atoms with Crippen molar-refractivity contribution in [3.8, 4) is 0 Å². The van der Waals surface area contributed by atoms with Gasteiger partial charge < -0.3 is 0 Å². The summed E-state index contributed by atoms with van der Waals surface area (Å²) < 4.78 is 45.7. The lowest BCUT2D eigenvalue weighted by Crippen LogP contribution is -1.95. The van der Waals surface area contributed by atoms with Crippen LogP contribution in [-0.2, 0) is 5.28 Å². The Bertz CT molecular complexity index is 479. The molecule has 0 saturated carbocycles. The summed E-state index contributed by atoms with van der Waals surface area (Å²) in [6.07, 6.45) is 0.0667. The number of benzene rings is 1. The van der Waals surface area contributed by atoms with E-state index in [4.69, 9.17) is 8.22 Å². The normalized spacial score (nSPS) is 18.2. The maximum Gasteiger partial charge on any atom is 0.162 e. The molecule has 1 aromatic carbocycles. The largest absolute Gasteiger partial charge is 0.294 e. The fraction of sp³-hybridized carbons (Fsp3) is 0.300. The summed E-state index contributed by atoms with van der Waals surface area (Å²) in [5.41, 5.74) is -0.682. The third-order valence-corrected chi connectivity index (χ3v) is 1.72. The van der Waals surface area contributed by atoms with E-state index >= 15 is 0 Å². The van der Waals surface area contributed by atoms with Crippen LogP contribution in [0.2, 0.25) is 0 Å². The van der Waals surface area contributed by atoms with Crippen molar-refractivity contribution in [1.82, 2.24) is 0 Å². The summed E-state index contributed by atoms with van der Waals surface area (Å²) >= 11 is 2.68. The van der Waals surface area contributed by atoms with Gasteiger partial charge in [-0.05, 0) is 5.56 Å². The first-order valence-corrected chi connectivity index (χ1v) is 4.25. The molecule has 0 aliphatic carbocycles. The molecule has 0 radical (unpaired) electrons. The fourth-order valence-electron chi connectivity index (χ4n) is 0.676.